The molecule has 0 unspecified atom stereocenters. The van der Waals surface area contributed by atoms with Crippen LogP contribution in [-0.4, -0.2) is 19.4 Å². The molecule has 108 valence electrons. The first-order valence-corrected chi connectivity index (χ1v) is 6.42. The van der Waals surface area contributed by atoms with Crippen LogP contribution in [0.25, 0.3) is 0 Å². The fourth-order valence-electron chi connectivity index (χ4n) is 1.60. The highest BCUT2D eigenvalue weighted by Crippen LogP contribution is 2.13. The maximum atomic E-state index is 10.8. The van der Waals surface area contributed by atoms with Crippen LogP contribution in [0.2, 0.25) is 0 Å². The van der Waals surface area contributed by atoms with Crippen LogP contribution < -0.4 is 10.2 Å². The van der Waals surface area contributed by atoms with Crippen LogP contribution >= 0.6 is 0 Å². The number of benzene rings is 2. The summed E-state index contributed by atoms with van der Waals surface area (Å²) in [6.07, 6.45) is 0.923. The van der Waals surface area contributed by atoms with E-state index in [2.05, 4.69) is 15.3 Å². The van der Waals surface area contributed by atoms with Gasteiger partial charge < -0.3 is 9.47 Å². The number of hydrazone groups is 1. The number of nitrogens with one attached hydrogen (secondary N) is 1. The maximum Gasteiger partial charge on any atom is 0.427 e. The summed E-state index contributed by atoms with van der Waals surface area (Å²) in [5.74, 6) is 0.775. The molecule has 0 aliphatic heterocycles. The van der Waals surface area contributed by atoms with Crippen molar-refractivity contribution >= 4 is 12.3 Å². The number of rotatable bonds is 5. The summed E-state index contributed by atoms with van der Waals surface area (Å²) in [7, 11) is 1.28. The maximum absolute atomic E-state index is 10.8. The molecule has 0 bridgehead atoms. The summed E-state index contributed by atoms with van der Waals surface area (Å²) < 4.78 is 10.1. The lowest BCUT2D eigenvalue weighted by atomic mass is 10.2. The molecule has 1 amide bonds. The van der Waals surface area contributed by atoms with Crippen molar-refractivity contribution in [3.05, 3.63) is 65.7 Å². The molecule has 2 aromatic carbocycles. The Labute approximate surface area is 123 Å². The van der Waals surface area contributed by atoms with Crippen LogP contribution in [0.15, 0.2) is 59.7 Å². The molecular formula is C16H16N2O3. The number of carbonyl (C=O) groups is 1. The Morgan fingerprint density at radius 2 is 1.86 bits per heavy atom. The van der Waals surface area contributed by atoms with Crippen LogP contribution in [0.1, 0.15) is 11.1 Å². The minimum absolute atomic E-state index is 0.526. The average Bonchev–Trinajstić information content (AvgIpc) is 2.55. The normalized spacial score (nSPS) is 10.3. The van der Waals surface area contributed by atoms with Gasteiger partial charge in [0.15, 0.2) is 0 Å². The molecule has 0 radical (unpaired) electrons. The molecule has 0 aliphatic rings. The third-order valence-electron chi connectivity index (χ3n) is 2.68. The Morgan fingerprint density at radius 1 is 1.14 bits per heavy atom. The molecule has 1 N–H and O–H groups in total. The Balaban J connectivity index is 1.85. The summed E-state index contributed by atoms with van der Waals surface area (Å²) >= 11 is 0. The molecular weight excluding hydrogens is 268 g/mol. The van der Waals surface area contributed by atoms with Crippen molar-refractivity contribution in [1.29, 1.82) is 0 Å². The third kappa shape index (κ3) is 4.99. The Kier molecular flexibility index (Phi) is 5.34. The molecule has 0 heterocycles. The molecule has 0 aliphatic carbocycles. The summed E-state index contributed by atoms with van der Waals surface area (Å²) in [6.45, 7) is 0.526. The van der Waals surface area contributed by atoms with E-state index < -0.39 is 6.09 Å². The number of methoxy groups -OCH3 is 1. The SMILES string of the molecule is COC(=O)NN=Cc1ccc(OCc2ccccc2)cc1. The fraction of sp³-hybridized carbons (Fsp3) is 0.125. The number of carbonyl (C=O) groups excluding carboxylic acids is 1. The van der Waals surface area contributed by atoms with E-state index in [1.165, 1.54) is 13.3 Å². The zero-order chi connectivity index (χ0) is 14.9. The van der Waals surface area contributed by atoms with Crippen molar-refractivity contribution in [1.82, 2.24) is 5.43 Å². The van der Waals surface area contributed by atoms with E-state index in [0.29, 0.717) is 6.61 Å². The second-order valence-corrected chi connectivity index (χ2v) is 4.20. The third-order valence-corrected chi connectivity index (χ3v) is 2.68. The highest BCUT2D eigenvalue weighted by atomic mass is 16.5. The summed E-state index contributed by atoms with van der Waals surface area (Å²) in [4.78, 5) is 10.8. The van der Waals surface area contributed by atoms with Crippen LogP contribution in [0, 0.1) is 0 Å². The summed E-state index contributed by atoms with van der Waals surface area (Å²) in [5, 5.41) is 3.75. The lowest BCUT2D eigenvalue weighted by molar-refractivity contribution is 0.171. The molecule has 0 saturated carbocycles. The largest absolute Gasteiger partial charge is 0.489 e. The first-order chi connectivity index (χ1) is 10.3. The van der Waals surface area contributed by atoms with Gasteiger partial charge in [-0.05, 0) is 35.4 Å². The van der Waals surface area contributed by atoms with Gasteiger partial charge in [0, 0.05) is 0 Å². The summed E-state index contributed by atoms with van der Waals surface area (Å²) in [5.41, 5.74) is 4.18. The van der Waals surface area contributed by atoms with E-state index in [4.69, 9.17) is 4.74 Å². The smallest absolute Gasteiger partial charge is 0.427 e. The topological polar surface area (TPSA) is 59.9 Å². The number of hydrogen-bond donors (Lipinski definition) is 1. The Morgan fingerprint density at radius 3 is 2.52 bits per heavy atom. The molecule has 0 fully saturated rings. The van der Waals surface area contributed by atoms with Gasteiger partial charge in [0.2, 0.25) is 0 Å². The van der Waals surface area contributed by atoms with Crippen molar-refractivity contribution < 1.29 is 14.3 Å². The minimum atomic E-state index is -0.603. The molecule has 2 aromatic rings. The van der Waals surface area contributed by atoms with Gasteiger partial charge in [-0.2, -0.15) is 5.10 Å². The van der Waals surface area contributed by atoms with Crippen molar-refractivity contribution in [2.75, 3.05) is 7.11 Å². The lowest BCUT2D eigenvalue weighted by Gasteiger charge is -2.06. The standard InChI is InChI=1S/C16H16N2O3/c1-20-16(19)18-17-11-13-7-9-15(10-8-13)21-12-14-5-3-2-4-6-14/h2-11H,12H2,1H3,(H,18,19). The van der Waals surface area contributed by atoms with E-state index in [-0.39, 0.29) is 0 Å². The van der Waals surface area contributed by atoms with Gasteiger partial charge in [-0.3, -0.25) is 0 Å². The molecule has 2 rings (SSSR count). The van der Waals surface area contributed by atoms with Gasteiger partial charge in [-0.25, -0.2) is 10.2 Å². The molecule has 0 atom stereocenters. The van der Waals surface area contributed by atoms with Crippen LogP contribution in [0.5, 0.6) is 5.75 Å². The minimum Gasteiger partial charge on any atom is -0.489 e. The molecule has 5 heteroatoms. The first-order valence-electron chi connectivity index (χ1n) is 6.42. The first kappa shape index (κ1) is 14.6. The van der Waals surface area contributed by atoms with Crippen molar-refractivity contribution in [2.24, 2.45) is 5.10 Å². The van der Waals surface area contributed by atoms with E-state index in [9.17, 15) is 4.79 Å². The van der Waals surface area contributed by atoms with Gasteiger partial charge >= 0.3 is 6.09 Å². The van der Waals surface area contributed by atoms with Gasteiger partial charge in [-0.1, -0.05) is 30.3 Å². The number of ether oxygens (including phenoxy) is 2. The number of hydrogen-bond acceptors (Lipinski definition) is 4. The van der Waals surface area contributed by atoms with E-state index in [1.54, 1.807) is 0 Å². The zero-order valence-corrected chi connectivity index (χ0v) is 11.7. The highest BCUT2D eigenvalue weighted by Gasteiger charge is 1.96. The van der Waals surface area contributed by atoms with Crippen LogP contribution in [-0.2, 0) is 11.3 Å². The van der Waals surface area contributed by atoms with E-state index >= 15 is 0 Å². The predicted molar refractivity (Wildman–Crippen MR) is 80.4 cm³/mol. The second kappa shape index (κ2) is 7.69. The van der Waals surface area contributed by atoms with Crippen molar-refractivity contribution in [3.63, 3.8) is 0 Å². The van der Waals surface area contributed by atoms with Gasteiger partial charge in [-0.15, -0.1) is 0 Å². The van der Waals surface area contributed by atoms with Crippen LogP contribution in [0.3, 0.4) is 0 Å². The van der Waals surface area contributed by atoms with Gasteiger partial charge in [0.05, 0.1) is 13.3 Å². The molecule has 5 nitrogen and oxygen atoms in total. The zero-order valence-electron chi connectivity index (χ0n) is 11.7. The Hall–Kier alpha value is -2.82. The monoisotopic (exact) mass is 284 g/mol. The van der Waals surface area contributed by atoms with E-state index in [0.717, 1.165) is 16.9 Å². The van der Waals surface area contributed by atoms with E-state index in [1.807, 2.05) is 54.6 Å². The molecule has 0 aromatic heterocycles. The Bertz CT molecular complexity index is 595. The quantitative estimate of drug-likeness (QED) is 0.678. The van der Waals surface area contributed by atoms with Crippen molar-refractivity contribution in [2.45, 2.75) is 6.61 Å². The average molecular weight is 284 g/mol. The lowest BCUT2D eigenvalue weighted by Crippen LogP contribution is -2.16. The summed E-state index contributed by atoms with van der Waals surface area (Å²) in [6, 6.07) is 17.4. The predicted octanol–water partition coefficient (Wildman–Crippen LogP) is 2.96. The molecule has 0 saturated heterocycles. The van der Waals surface area contributed by atoms with Crippen molar-refractivity contribution in [3.8, 4) is 5.75 Å². The van der Waals surface area contributed by atoms with Crippen LogP contribution in [0.4, 0.5) is 4.79 Å². The fourth-order valence-corrected chi connectivity index (χ4v) is 1.60. The molecule has 21 heavy (non-hydrogen) atoms. The number of nitrogens with zero attached hydrogens (tertiary/aromatic N) is 1. The van der Waals surface area contributed by atoms with Gasteiger partial charge in [0.25, 0.3) is 0 Å². The van der Waals surface area contributed by atoms with Gasteiger partial charge in [0.1, 0.15) is 12.4 Å². The number of amides is 1. The second-order valence-electron chi connectivity index (χ2n) is 4.20. The highest BCUT2D eigenvalue weighted by molar-refractivity contribution is 5.80. The molecule has 0 spiro atoms.